The predicted molar refractivity (Wildman–Crippen MR) is 76.3 cm³/mol. The summed E-state index contributed by atoms with van der Waals surface area (Å²) in [6.45, 7) is 2.11. The number of aromatic amines is 2. The van der Waals surface area contributed by atoms with Crippen LogP contribution in [-0.2, 0) is 6.42 Å². The fourth-order valence-electron chi connectivity index (χ4n) is 2.01. The van der Waals surface area contributed by atoms with E-state index in [1.165, 1.54) is 11.8 Å². The average Bonchev–Trinajstić information content (AvgIpc) is 2.83. The summed E-state index contributed by atoms with van der Waals surface area (Å²) in [5, 5.41) is 4.74. The van der Waals surface area contributed by atoms with E-state index in [0.29, 0.717) is 15.8 Å². The third kappa shape index (κ3) is 2.00. The summed E-state index contributed by atoms with van der Waals surface area (Å²) in [6, 6.07) is 8.04. The highest BCUT2D eigenvalue weighted by Gasteiger charge is 2.08. The second-order valence-electron chi connectivity index (χ2n) is 4.25. The predicted octanol–water partition coefficient (Wildman–Crippen LogP) is 2.33. The van der Waals surface area contributed by atoms with Crippen LogP contribution in [0, 0.1) is 4.77 Å². The Morgan fingerprint density at radius 3 is 2.68 bits per heavy atom. The van der Waals surface area contributed by atoms with Gasteiger partial charge in [0.1, 0.15) is 11.0 Å². The Bertz CT molecular complexity index is 841. The number of H-pyrrole nitrogens is 2. The Labute approximate surface area is 113 Å². The number of rotatable bonds is 2. The molecule has 2 N–H and O–H groups in total. The van der Waals surface area contributed by atoms with Gasteiger partial charge in [-0.05, 0) is 36.3 Å². The summed E-state index contributed by atoms with van der Waals surface area (Å²) < 4.78 is 1.98. The standard InChI is InChI=1S/C13H12N4OS/c1-2-8-3-5-9(6-4-8)17-11-10(7-14-17)12(18)16-13(19)15-11/h3-7H,2H2,1H3,(H2,15,16,18,19). The van der Waals surface area contributed by atoms with Crippen LogP contribution >= 0.6 is 12.2 Å². The van der Waals surface area contributed by atoms with Crippen LogP contribution in [0.15, 0.2) is 35.3 Å². The molecular formula is C13H12N4OS. The molecule has 19 heavy (non-hydrogen) atoms. The van der Waals surface area contributed by atoms with Gasteiger partial charge in [-0.1, -0.05) is 19.1 Å². The maximum atomic E-state index is 11.7. The molecule has 0 radical (unpaired) electrons. The van der Waals surface area contributed by atoms with Crippen LogP contribution in [0.5, 0.6) is 0 Å². The molecule has 0 atom stereocenters. The van der Waals surface area contributed by atoms with Gasteiger partial charge in [-0.25, -0.2) is 4.68 Å². The van der Waals surface area contributed by atoms with Crippen molar-refractivity contribution in [3.63, 3.8) is 0 Å². The summed E-state index contributed by atoms with van der Waals surface area (Å²) in [6.07, 6.45) is 2.52. The zero-order chi connectivity index (χ0) is 13.4. The lowest BCUT2D eigenvalue weighted by atomic mass is 10.1. The lowest BCUT2D eigenvalue weighted by Gasteiger charge is -2.04. The van der Waals surface area contributed by atoms with Gasteiger partial charge in [0.2, 0.25) is 0 Å². The molecular weight excluding hydrogens is 260 g/mol. The molecule has 0 aliphatic heterocycles. The maximum absolute atomic E-state index is 11.7. The molecule has 0 saturated heterocycles. The number of nitrogens with one attached hydrogen (secondary N) is 2. The van der Waals surface area contributed by atoms with Gasteiger partial charge < -0.3 is 4.98 Å². The number of fused-ring (bicyclic) bond motifs is 1. The first-order chi connectivity index (χ1) is 9.19. The van der Waals surface area contributed by atoms with E-state index in [9.17, 15) is 4.79 Å². The van der Waals surface area contributed by atoms with Gasteiger partial charge in [0.05, 0.1) is 11.9 Å². The minimum absolute atomic E-state index is 0.227. The Morgan fingerprint density at radius 2 is 2.00 bits per heavy atom. The molecule has 0 saturated carbocycles. The lowest BCUT2D eigenvalue weighted by molar-refractivity contribution is 0.891. The van der Waals surface area contributed by atoms with E-state index in [-0.39, 0.29) is 5.56 Å². The second kappa shape index (κ2) is 4.47. The van der Waals surface area contributed by atoms with E-state index in [4.69, 9.17) is 12.2 Å². The smallest absolute Gasteiger partial charge is 0.262 e. The molecule has 0 amide bonds. The minimum atomic E-state index is -0.227. The van der Waals surface area contributed by atoms with Crippen LogP contribution in [0.2, 0.25) is 0 Å². The van der Waals surface area contributed by atoms with E-state index < -0.39 is 0 Å². The zero-order valence-electron chi connectivity index (χ0n) is 10.3. The number of nitrogens with zero attached hydrogens (tertiary/aromatic N) is 2. The summed E-state index contributed by atoms with van der Waals surface area (Å²) in [4.78, 5) is 17.3. The summed E-state index contributed by atoms with van der Waals surface area (Å²) in [5.74, 6) is 0. The van der Waals surface area contributed by atoms with Crippen molar-refractivity contribution in [2.45, 2.75) is 13.3 Å². The van der Waals surface area contributed by atoms with Crippen molar-refractivity contribution in [2.24, 2.45) is 0 Å². The summed E-state index contributed by atoms with van der Waals surface area (Å²) >= 11 is 4.99. The van der Waals surface area contributed by atoms with Crippen molar-refractivity contribution in [3.8, 4) is 5.69 Å². The molecule has 96 valence electrons. The van der Waals surface area contributed by atoms with Crippen molar-refractivity contribution in [1.82, 2.24) is 19.7 Å². The summed E-state index contributed by atoms with van der Waals surface area (Å²) in [7, 11) is 0. The topological polar surface area (TPSA) is 66.5 Å². The number of hydrogen-bond acceptors (Lipinski definition) is 3. The van der Waals surface area contributed by atoms with Gasteiger partial charge in [0.25, 0.3) is 5.56 Å². The van der Waals surface area contributed by atoms with Crippen LogP contribution in [0.25, 0.3) is 16.7 Å². The van der Waals surface area contributed by atoms with Crippen LogP contribution in [0.3, 0.4) is 0 Å². The van der Waals surface area contributed by atoms with Gasteiger partial charge in [-0.15, -0.1) is 0 Å². The van der Waals surface area contributed by atoms with Gasteiger partial charge in [0.15, 0.2) is 4.77 Å². The molecule has 2 heterocycles. The van der Waals surface area contributed by atoms with Crippen molar-refractivity contribution < 1.29 is 0 Å². The second-order valence-corrected chi connectivity index (χ2v) is 4.66. The SMILES string of the molecule is CCc1ccc(-n2ncc3c(=O)[nH]c(=S)[nH]c32)cc1. The van der Waals surface area contributed by atoms with Crippen molar-refractivity contribution >= 4 is 23.3 Å². The first-order valence-corrected chi connectivity index (χ1v) is 6.39. The van der Waals surface area contributed by atoms with E-state index in [0.717, 1.165) is 12.1 Å². The van der Waals surface area contributed by atoms with Crippen LogP contribution in [0.1, 0.15) is 12.5 Å². The molecule has 5 nitrogen and oxygen atoms in total. The highest BCUT2D eigenvalue weighted by molar-refractivity contribution is 7.71. The third-order valence-corrected chi connectivity index (χ3v) is 3.27. The Balaban J connectivity index is 2.24. The molecule has 3 rings (SSSR count). The highest BCUT2D eigenvalue weighted by atomic mass is 32.1. The highest BCUT2D eigenvalue weighted by Crippen LogP contribution is 2.14. The van der Waals surface area contributed by atoms with Gasteiger partial charge in [0, 0.05) is 0 Å². The number of aryl methyl sites for hydroxylation is 1. The Hall–Kier alpha value is -2.21. The molecule has 0 fully saturated rings. The molecule has 1 aromatic carbocycles. The number of aromatic nitrogens is 4. The molecule has 0 aliphatic rings. The monoisotopic (exact) mass is 272 g/mol. The lowest BCUT2D eigenvalue weighted by Crippen LogP contribution is -2.08. The van der Waals surface area contributed by atoms with Crippen LogP contribution in [0.4, 0.5) is 0 Å². The third-order valence-electron chi connectivity index (χ3n) is 3.06. The fourth-order valence-corrected chi connectivity index (χ4v) is 2.20. The Kier molecular flexibility index (Phi) is 2.79. The van der Waals surface area contributed by atoms with E-state index in [1.807, 2.05) is 24.3 Å². The average molecular weight is 272 g/mol. The molecule has 2 aromatic heterocycles. The Morgan fingerprint density at radius 1 is 1.26 bits per heavy atom. The van der Waals surface area contributed by atoms with Crippen molar-refractivity contribution in [3.05, 3.63) is 51.2 Å². The quantitative estimate of drug-likeness (QED) is 0.704. The zero-order valence-corrected chi connectivity index (χ0v) is 11.1. The molecule has 0 unspecified atom stereocenters. The minimum Gasteiger partial charge on any atom is -0.316 e. The van der Waals surface area contributed by atoms with Gasteiger partial charge in [-0.3, -0.25) is 9.78 Å². The number of benzene rings is 1. The molecule has 0 spiro atoms. The summed E-state index contributed by atoms with van der Waals surface area (Å²) in [5.41, 5.74) is 2.53. The maximum Gasteiger partial charge on any atom is 0.262 e. The molecule has 6 heteroatoms. The normalized spacial score (nSPS) is 11.0. The first-order valence-electron chi connectivity index (χ1n) is 5.98. The van der Waals surface area contributed by atoms with Gasteiger partial charge >= 0.3 is 0 Å². The molecule has 3 aromatic rings. The van der Waals surface area contributed by atoms with Gasteiger partial charge in [-0.2, -0.15) is 5.10 Å². The number of hydrogen-bond donors (Lipinski definition) is 2. The van der Waals surface area contributed by atoms with E-state index in [2.05, 4.69) is 22.0 Å². The van der Waals surface area contributed by atoms with Crippen molar-refractivity contribution in [1.29, 1.82) is 0 Å². The fraction of sp³-hybridized carbons (Fsp3) is 0.154. The van der Waals surface area contributed by atoms with E-state index >= 15 is 0 Å². The van der Waals surface area contributed by atoms with Crippen LogP contribution in [-0.4, -0.2) is 19.7 Å². The van der Waals surface area contributed by atoms with Crippen molar-refractivity contribution in [2.75, 3.05) is 0 Å². The van der Waals surface area contributed by atoms with E-state index in [1.54, 1.807) is 4.68 Å². The van der Waals surface area contributed by atoms with Crippen LogP contribution < -0.4 is 5.56 Å². The first kappa shape index (κ1) is 11.9. The molecule has 0 aliphatic carbocycles. The molecule has 0 bridgehead atoms. The largest absolute Gasteiger partial charge is 0.316 e.